The summed E-state index contributed by atoms with van der Waals surface area (Å²) >= 11 is 0. The lowest BCUT2D eigenvalue weighted by Crippen LogP contribution is -2.27. The van der Waals surface area contributed by atoms with E-state index in [0.29, 0.717) is 10.8 Å². The van der Waals surface area contributed by atoms with E-state index in [1.807, 2.05) is 20.8 Å². The fourth-order valence-electron chi connectivity index (χ4n) is 3.07. The molecule has 1 aromatic heterocycles. The predicted octanol–water partition coefficient (Wildman–Crippen LogP) is 2.62. The highest BCUT2D eigenvalue weighted by Gasteiger charge is 2.15. The zero-order valence-electron chi connectivity index (χ0n) is 15.2. The number of amides is 1. The zero-order chi connectivity index (χ0) is 18.8. The smallest absolute Gasteiger partial charge is 0.267 e. The summed E-state index contributed by atoms with van der Waals surface area (Å²) < 4.78 is 1.16. The largest absolute Gasteiger partial charge is 0.292 e. The van der Waals surface area contributed by atoms with E-state index < -0.39 is 5.91 Å². The van der Waals surface area contributed by atoms with Crippen molar-refractivity contribution < 1.29 is 4.79 Å². The molecule has 0 radical (unpaired) electrons. The van der Waals surface area contributed by atoms with Crippen LogP contribution in [0.25, 0.3) is 10.8 Å². The Labute approximate surface area is 151 Å². The predicted molar refractivity (Wildman–Crippen MR) is 103 cm³/mol. The molecule has 1 heterocycles. The number of hydrogen-bond donors (Lipinski definition) is 1. The molecule has 2 aromatic carbocycles. The second-order valence-corrected chi connectivity index (χ2v) is 6.33. The topological polar surface area (TPSA) is 76.3 Å². The van der Waals surface area contributed by atoms with Gasteiger partial charge in [0.25, 0.3) is 11.5 Å². The minimum Gasteiger partial charge on any atom is -0.267 e. The van der Waals surface area contributed by atoms with Gasteiger partial charge < -0.3 is 0 Å². The zero-order valence-corrected chi connectivity index (χ0v) is 15.2. The minimum absolute atomic E-state index is 0.164. The molecule has 0 atom stereocenters. The lowest BCUT2D eigenvalue weighted by atomic mass is 10.0. The Morgan fingerprint density at radius 1 is 1.12 bits per heavy atom. The van der Waals surface area contributed by atoms with Crippen molar-refractivity contribution in [1.29, 1.82) is 0 Å². The summed E-state index contributed by atoms with van der Waals surface area (Å²) in [5, 5.41) is 9.12. The monoisotopic (exact) mass is 348 g/mol. The third-order valence-corrected chi connectivity index (χ3v) is 4.27. The van der Waals surface area contributed by atoms with Gasteiger partial charge >= 0.3 is 0 Å². The highest BCUT2D eigenvalue weighted by atomic mass is 16.2. The quantitative estimate of drug-likeness (QED) is 0.584. The van der Waals surface area contributed by atoms with E-state index in [2.05, 4.69) is 27.8 Å². The maximum Gasteiger partial charge on any atom is 0.292 e. The summed E-state index contributed by atoms with van der Waals surface area (Å²) in [7, 11) is 1.52. The number of nitrogens with zero attached hydrogens (tertiary/aromatic N) is 3. The molecule has 132 valence electrons. The lowest BCUT2D eigenvalue weighted by Gasteiger charge is -2.08. The Morgan fingerprint density at radius 3 is 2.38 bits per heavy atom. The standard InChI is InChI=1S/C20H20N4O2/c1-12-9-13(2)17(14(3)10-12)11-21-22-19(25)18-15-7-5-6-8-16(15)20(26)24(4)23-18/h5-11H,1-4H3,(H,22,25)/b21-11+. The van der Waals surface area contributed by atoms with Gasteiger partial charge in [-0.2, -0.15) is 10.2 Å². The van der Waals surface area contributed by atoms with Crippen molar-refractivity contribution in [3.05, 3.63) is 74.7 Å². The van der Waals surface area contributed by atoms with Crippen LogP contribution in [0.3, 0.4) is 0 Å². The van der Waals surface area contributed by atoms with Crippen LogP contribution in [0.4, 0.5) is 0 Å². The molecular formula is C20H20N4O2. The van der Waals surface area contributed by atoms with Crippen molar-refractivity contribution in [3.8, 4) is 0 Å². The number of fused-ring (bicyclic) bond motifs is 1. The van der Waals surface area contributed by atoms with Crippen molar-refractivity contribution in [2.75, 3.05) is 0 Å². The number of nitrogens with one attached hydrogen (secondary N) is 1. The molecule has 0 aliphatic rings. The molecule has 26 heavy (non-hydrogen) atoms. The van der Waals surface area contributed by atoms with E-state index in [0.717, 1.165) is 21.4 Å². The van der Waals surface area contributed by atoms with Crippen LogP contribution in [0.2, 0.25) is 0 Å². The van der Waals surface area contributed by atoms with Gasteiger partial charge in [-0.25, -0.2) is 10.1 Å². The van der Waals surface area contributed by atoms with Crippen LogP contribution in [0.15, 0.2) is 46.3 Å². The summed E-state index contributed by atoms with van der Waals surface area (Å²) in [6.45, 7) is 6.05. The van der Waals surface area contributed by atoms with Gasteiger partial charge in [-0.3, -0.25) is 9.59 Å². The molecule has 1 amide bonds. The van der Waals surface area contributed by atoms with Crippen LogP contribution in [0.1, 0.15) is 32.7 Å². The first-order chi connectivity index (χ1) is 12.4. The van der Waals surface area contributed by atoms with Crippen LogP contribution < -0.4 is 11.0 Å². The molecule has 0 saturated heterocycles. The summed E-state index contributed by atoms with van der Waals surface area (Å²) in [5.74, 6) is -0.463. The van der Waals surface area contributed by atoms with Crippen LogP contribution >= 0.6 is 0 Å². The SMILES string of the molecule is Cc1cc(C)c(/C=N/NC(=O)c2nn(C)c(=O)c3ccccc23)c(C)c1. The van der Waals surface area contributed by atoms with Crippen LogP contribution in [-0.4, -0.2) is 21.9 Å². The maximum absolute atomic E-state index is 12.5. The molecular weight excluding hydrogens is 328 g/mol. The van der Waals surface area contributed by atoms with Crippen LogP contribution in [0, 0.1) is 20.8 Å². The van der Waals surface area contributed by atoms with E-state index in [1.165, 1.54) is 12.6 Å². The third kappa shape index (κ3) is 3.26. The van der Waals surface area contributed by atoms with Crippen molar-refractivity contribution in [2.45, 2.75) is 20.8 Å². The molecule has 0 unspecified atom stereocenters. The first kappa shape index (κ1) is 17.5. The van der Waals surface area contributed by atoms with Crippen LogP contribution in [0.5, 0.6) is 0 Å². The Balaban J connectivity index is 1.92. The molecule has 6 heteroatoms. The number of aromatic nitrogens is 2. The molecule has 3 rings (SSSR count). The molecule has 1 N–H and O–H groups in total. The molecule has 6 nitrogen and oxygen atoms in total. The summed E-state index contributed by atoms with van der Waals surface area (Å²) in [6, 6.07) is 11.0. The molecule has 0 bridgehead atoms. The van der Waals surface area contributed by atoms with E-state index in [4.69, 9.17) is 0 Å². The van der Waals surface area contributed by atoms with Crippen molar-refractivity contribution in [1.82, 2.24) is 15.2 Å². The highest BCUT2D eigenvalue weighted by molar-refractivity contribution is 6.05. The lowest BCUT2D eigenvalue weighted by molar-refractivity contribution is 0.0950. The third-order valence-electron chi connectivity index (χ3n) is 4.27. The normalized spacial score (nSPS) is 11.2. The van der Waals surface area contributed by atoms with Gasteiger partial charge in [-0.1, -0.05) is 35.9 Å². The molecule has 0 spiro atoms. The second kappa shape index (κ2) is 6.92. The first-order valence-corrected chi connectivity index (χ1v) is 8.26. The Hall–Kier alpha value is -3.28. The fraction of sp³-hybridized carbons (Fsp3) is 0.200. The summed E-state index contributed by atoms with van der Waals surface area (Å²) in [4.78, 5) is 24.7. The van der Waals surface area contributed by atoms with Gasteiger partial charge in [-0.15, -0.1) is 0 Å². The summed E-state index contributed by atoms with van der Waals surface area (Å²) in [6.07, 6.45) is 1.63. The van der Waals surface area contributed by atoms with Crippen molar-refractivity contribution in [3.63, 3.8) is 0 Å². The van der Waals surface area contributed by atoms with E-state index in [-0.39, 0.29) is 11.3 Å². The summed E-state index contributed by atoms with van der Waals surface area (Å²) in [5.41, 5.74) is 6.76. The number of hydrazone groups is 1. The molecule has 0 aliphatic heterocycles. The van der Waals surface area contributed by atoms with Gasteiger partial charge in [0.2, 0.25) is 0 Å². The number of hydrogen-bond acceptors (Lipinski definition) is 4. The number of rotatable bonds is 3. The van der Waals surface area contributed by atoms with E-state index in [9.17, 15) is 9.59 Å². The Bertz CT molecular complexity index is 1070. The van der Waals surface area contributed by atoms with Gasteiger partial charge in [0.15, 0.2) is 5.69 Å². The molecule has 3 aromatic rings. The van der Waals surface area contributed by atoms with Gasteiger partial charge in [0.1, 0.15) is 0 Å². The Morgan fingerprint density at radius 2 is 1.73 bits per heavy atom. The van der Waals surface area contributed by atoms with E-state index in [1.54, 1.807) is 30.5 Å². The average molecular weight is 348 g/mol. The Kier molecular flexibility index (Phi) is 4.67. The van der Waals surface area contributed by atoms with Gasteiger partial charge in [0, 0.05) is 18.0 Å². The number of carbonyl (C=O) groups is 1. The fourth-order valence-corrected chi connectivity index (χ4v) is 3.07. The number of aryl methyl sites for hydroxylation is 4. The van der Waals surface area contributed by atoms with Crippen molar-refractivity contribution >= 4 is 22.9 Å². The average Bonchev–Trinajstić information content (AvgIpc) is 2.60. The van der Waals surface area contributed by atoms with E-state index >= 15 is 0 Å². The maximum atomic E-state index is 12.5. The molecule has 0 saturated carbocycles. The second-order valence-electron chi connectivity index (χ2n) is 6.33. The number of carbonyl (C=O) groups excluding carboxylic acids is 1. The van der Waals surface area contributed by atoms with Crippen molar-refractivity contribution in [2.24, 2.45) is 12.1 Å². The highest BCUT2D eigenvalue weighted by Crippen LogP contribution is 2.15. The van der Waals surface area contributed by atoms with Gasteiger partial charge in [-0.05, 0) is 38.0 Å². The minimum atomic E-state index is -0.463. The molecule has 0 fully saturated rings. The molecule has 0 aliphatic carbocycles. The first-order valence-electron chi connectivity index (χ1n) is 8.26. The van der Waals surface area contributed by atoms with Gasteiger partial charge in [0.05, 0.1) is 11.6 Å². The van der Waals surface area contributed by atoms with Crippen LogP contribution in [-0.2, 0) is 7.05 Å². The number of benzene rings is 2.